The van der Waals surface area contributed by atoms with Gasteiger partial charge in [0.1, 0.15) is 0 Å². The van der Waals surface area contributed by atoms with Crippen molar-refractivity contribution in [3.05, 3.63) is 48.0 Å². The van der Waals surface area contributed by atoms with Crippen LogP contribution in [0.1, 0.15) is 23.2 Å². The van der Waals surface area contributed by atoms with Gasteiger partial charge in [-0.15, -0.1) is 0 Å². The number of amides is 1. The molecule has 1 amide bonds. The molecular weight excluding hydrogens is 436 g/mol. The van der Waals surface area contributed by atoms with E-state index in [0.29, 0.717) is 60.0 Å². The Bertz CT molecular complexity index is 1190. The molecule has 1 aliphatic rings. The average molecular weight is 465 g/mol. The number of para-hydroxylation sites is 1. The van der Waals surface area contributed by atoms with Crippen molar-refractivity contribution in [2.75, 3.05) is 41.5 Å². The van der Waals surface area contributed by atoms with Crippen molar-refractivity contribution in [1.29, 1.82) is 0 Å². The highest BCUT2D eigenvalue weighted by molar-refractivity contribution is 6.07. The Morgan fingerprint density at radius 2 is 1.56 bits per heavy atom. The summed E-state index contributed by atoms with van der Waals surface area (Å²) in [5, 5.41) is 0.777. The molecule has 4 rings (SSSR count). The van der Waals surface area contributed by atoms with Gasteiger partial charge >= 0.3 is 5.97 Å². The molecule has 2 heterocycles. The van der Waals surface area contributed by atoms with E-state index in [1.807, 2.05) is 36.4 Å². The van der Waals surface area contributed by atoms with Gasteiger partial charge in [-0.05, 0) is 37.1 Å². The molecule has 3 aromatic rings. The lowest BCUT2D eigenvalue weighted by Crippen LogP contribution is -2.40. The van der Waals surface area contributed by atoms with Gasteiger partial charge in [0.05, 0.1) is 51.1 Å². The van der Waals surface area contributed by atoms with Crippen LogP contribution in [0.5, 0.6) is 17.2 Å². The van der Waals surface area contributed by atoms with E-state index in [2.05, 4.69) is 0 Å². The molecule has 0 bridgehead atoms. The Labute approximate surface area is 198 Å². The van der Waals surface area contributed by atoms with Crippen LogP contribution in [-0.4, -0.2) is 63.3 Å². The maximum absolute atomic E-state index is 13.6. The number of hydrogen-bond acceptors (Lipinski definition) is 7. The summed E-state index contributed by atoms with van der Waals surface area (Å²) in [5.41, 5.74) is 2.62. The highest BCUT2D eigenvalue weighted by atomic mass is 16.5. The zero-order valence-electron chi connectivity index (χ0n) is 19.8. The predicted molar refractivity (Wildman–Crippen MR) is 127 cm³/mol. The maximum atomic E-state index is 13.6. The Kier molecular flexibility index (Phi) is 6.86. The van der Waals surface area contributed by atoms with Crippen LogP contribution in [0.3, 0.4) is 0 Å². The van der Waals surface area contributed by atoms with Crippen LogP contribution in [0.2, 0.25) is 0 Å². The molecule has 2 aromatic carbocycles. The van der Waals surface area contributed by atoms with Crippen molar-refractivity contribution in [3.8, 4) is 28.5 Å². The number of likely N-dealkylation sites (tertiary alicyclic amines) is 1. The first-order chi connectivity index (χ1) is 16.5. The number of rotatable bonds is 6. The summed E-state index contributed by atoms with van der Waals surface area (Å²) in [4.78, 5) is 32.1. The Morgan fingerprint density at radius 3 is 2.15 bits per heavy atom. The van der Waals surface area contributed by atoms with Gasteiger partial charge in [0.15, 0.2) is 11.5 Å². The van der Waals surface area contributed by atoms with E-state index in [4.69, 9.17) is 23.9 Å². The number of nitrogens with zero attached hydrogens (tertiary/aromatic N) is 2. The molecule has 0 atom stereocenters. The van der Waals surface area contributed by atoms with Gasteiger partial charge in [0, 0.05) is 24.0 Å². The van der Waals surface area contributed by atoms with E-state index in [1.165, 1.54) is 7.11 Å². The first-order valence-electron chi connectivity index (χ1n) is 11.1. The van der Waals surface area contributed by atoms with Crippen molar-refractivity contribution >= 4 is 22.8 Å². The van der Waals surface area contributed by atoms with Gasteiger partial charge in [0.2, 0.25) is 5.75 Å². The highest BCUT2D eigenvalue weighted by Crippen LogP contribution is 2.41. The number of hydrogen-bond donors (Lipinski definition) is 0. The summed E-state index contributed by atoms with van der Waals surface area (Å²) in [6.07, 6.45) is 1.17. The van der Waals surface area contributed by atoms with Crippen LogP contribution in [0.15, 0.2) is 42.5 Å². The van der Waals surface area contributed by atoms with Gasteiger partial charge in [-0.25, -0.2) is 4.98 Å². The zero-order chi connectivity index (χ0) is 24.2. The molecule has 0 spiro atoms. The lowest BCUT2D eigenvalue weighted by Gasteiger charge is -2.31. The van der Waals surface area contributed by atoms with Crippen LogP contribution < -0.4 is 14.2 Å². The first kappa shape index (κ1) is 23.4. The number of ether oxygens (including phenoxy) is 4. The normalized spacial score (nSPS) is 14.1. The second-order valence-corrected chi connectivity index (χ2v) is 8.08. The molecule has 1 fully saturated rings. The van der Waals surface area contributed by atoms with Crippen LogP contribution in [0.4, 0.5) is 0 Å². The average Bonchev–Trinajstić information content (AvgIpc) is 2.90. The summed E-state index contributed by atoms with van der Waals surface area (Å²) in [7, 11) is 6.06. The minimum Gasteiger partial charge on any atom is -0.493 e. The van der Waals surface area contributed by atoms with Crippen LogP contribution in [0.25, 0.3) is 22.2 Å². The number of aromatic nitrogens is 1. The number of pyridine rings is 1. The molecule has 178 valence electrons. The Balaban J connectivity index is 1.75. The number of carbonyl (C=O) groups is 2. The minimum absolute atomic E-state index is 0.0874. The summed E-state index contributed by atoms with van der Waals surface area (Å²) in [6, 6.07) is 13.0. The number of piperidine rings is 1. The molecule has 8 nitrogen and oxygen atoms in total. The molecule has 0 radical (unpaired) electrons. The number of fused-ring (bicyclic) bond motifs is 1. The van der Waals surface area contributed by atoms with Gasteiger partial charge in [-0.2, -0.15) is 0 Å². The minimum atomic E-state index is -0.217. The summed E-state index contributed by atoms with van der Waals surface area (Å²) >= 11 is 0. The van der Waals surface area contributed by atoms with Crippen molar-refractivity contribution < 1.29 is 28.5 Å². The maximum Gasteiger partial charge on any atom is 0.308 e. The van der Waals surface area contributed by atoms with Crippen LogP contribution >= 0.6 is 0 Å². The molecular formula is C26H28N2O6. The zero-order valence-corrected chi connectivity index (χ0v) is 19.8. The number of carbonyl (C=O) groups excluding carboxylic acids is 2. The molecule has 1 aromatic heterocycles. The van der Waals surface area contributed by atoms with Gasteiger partial charge < -0.3 is 23.8 Å². The molecule has 0 saturated carbocycles. The van der Waals surface area contributed by atoms with Crippen molar-refractivity contribution in [3.63, 3.8) is 0 Å². The van der Waals surface area contributed by atoms with E-state index < -0.39 is 0 Å². The highest BCUT2D eigenvalue weighted by Gasteiger charge is 2.29. The van der Waals surface area contributed by atoms with E-state index in [9.17, 15) is 9.59 Å². The van der Waals surface area contributed by atoms with E-state index in [1.54, 1.807) is 32.3 Å². The SMILES string of the molecule is COC(=O)C1CCN(C(=O)c2cc(-c3cc(OC)c(OC)c(OC)c3)nc3ccccc23)CC1. The third-order valence-electron chi connectivity index (χ3n) is 6.22. The molecule has 34 heavy (non-hydrogen) atoms. The molecule has 1 aliphatic heterocycles. The monoisotopic (exact) mass is 464 g/mol. The second kappa shape index (κ2) is 9.99. The fourth-order valence-corrected chi connectivity index (χ4v) is 4.38. The largest absolute Gasteiger partial charge is 0.493 e. The Hall–Kier alpha value is -3.81. The number of methoxy groups -OCH3 is 4. The summed E-state index contributed by atoms with van der Waals surface area (Å²) in [5.74, 6) is 1.02. The van der Waals surface area contributed by atoms with Crippen molar-refractivity contribution in [2.45, 2.75) is 12.8 Å². The van der Waals surface area contributed by atoms with Gasteiger partial charge in [0.25, 0.3) is 5.91 Å². The molecule has 0 N–H and O–H groups in total. The number of benzene rings is 2. The quantitative estimate of drug-likeness (QED) is 0.511. The third-order valence-corrected chi connectivity index (χ3v) is 6.22. The fourth-order valence-electron chi connectivity index (χ4n) is 4.38. The van der Waals surface area contributed by atoms with E-state index in [0.717, 1.165) is 10.9 Å². The predicted octanol–water partition coefficient (Wildman–Crippen LogP) is 3.95. The third kappa shape index (κ3) is 4.35. The molecule has 0 unspecified atom stereocenters. The molecule has 8 heteroatoms. The van der Waals surface area contributed by atoms with Crippen LogP contribution in [-0.2, 0) is 9.53 Å². The lowest BCUT2D eigenvalue weighted by molar-refractivity contribution is -0.146. The first-order valence-corrected chi connectivity index (χ1v) is 11.1. The topological polar surface area (TPSA) is 87.2 Å². The van der Waals surface area contributed by atoms with E-state index in [-0.39, 0.29) is 17.8 Å². The second-order valence-electron chi connectivity index (χ2n) is 8.08. The summed E-state index contributed by atoms with van der Waals surface area (Å²) < 4.78 is 21.3. The summed E-state index contributed by atoms with van der Waals surface area (Å²) in [6.45, 7) is 0.990. The Morgan fingerprint density at radius 1 is 0.912 bits per heavy atom. The van der Waals surface area contributed by atoms with E-state index >= 15 is 0 Å². The number of esters is 1. The van der Waals surface area contributed by atoms with Crippen molar-refractivity contribution in [2.24, 2.45) is 5.92 Å². The molecule has 0 aliphatic carbocycles. The van der Waals surface area contributed by atoms with Crippen LogP contribution in [0, 0.1) is 5.92 Å². The fraction of sp³-hybridized carbons (Fsp3) is 0.346. The standard InChI is InChI=1S/C26H28N2O6/c1-31-22-13-17(14-23(32-2)24(22)33-3)21-15-19(18-7-5-6-8-20(18)27-21)25(29)28-11-9-16(10-12-28)26(30)34-4/h5-8,13-16H,9-12H2,1-4H3. The molecule has 1 saturated heterocycles. The van der Waals surface area contributed by atoms with Gasteiger partial charge in [-0.3, -0.25) is 9.59 Å². The smallest absolute Gasteiger partial charge is 0.308 e. The lowest BCUT2D eigenvalue weighted by atomic mass is 9.95. The van der Waals surface area contributed by atoms with Gasteiger partial charge in [-0.1, -0.05) is 18.2 Å². The van der Waals surface area contributed by atoms with Crippen molar-refractivity contribution in [1.82, 2.24) is 9.88 Å².